The van der Waals surface area contributed by atoms with Crippen LogP contribution < -0.4 is 10.2 Å². The molecule has 1 aromatic carbocycles. The van der Waals surface area contributed by atoms with Gasteiger partial charge in [-0.25, -0.2) is 0 Å². The summed E-state index contributed by atoms with van der Waals surface area (Å²) in [5, 5.41) is 3.29. The largest absolute Gasteiger partial charge is 0.313 e. The van der Waals surface area contributed by atoms with E-state index in [1.807, 2.05) is 45.2 Å². The maximum absolute atomic E-state index is 12.0. The van der Waals surface area contributed by atoms with Gasteiger partial charge in [-0.05, 0) is 19.9 Å². The number of anilines is 1. The maximum Gasteiger partial charge on any atom is 0.248 e. The lowest BCUT2D eigenvalue weighted by Crippen LogP contribution is -2.35. The van der Waals surface area contributed by atoms with Crippen molar-refractivity contribution in [3.63, 3.8) is 0 Å². The Morgan fingerprint density at radius 1 is 1.33 bits per heavy atom. The number of hydrogen-bond acceptors (Lipinski definition) is 2. The fraction of sp³-hybridized carbons (Fsp3) is 0.417. The molecule has 0 radical (unpaired) electrons. The molecule has 80 valence electrons. The van der Waals surface area contributed by atoms with Crippen LogP contribution in [0.15, 0.2) is 24.3 Å². The van der Waals surface area contributed by atoms with Gasteiger partial charge in [-0.3, -0.25) is 10.1 Å². The zero-order valence-electron chi connectivity index (χ0n) is 9.32. The van der Waals surface area contributed by atoms with Gasteiger partial charge in [-0.15, -0.1) is 0 Å². The molecule has 1 N–H and O–H groups in total. The van der Waals surface area contributed by atoms with E-state index in [0.29, 0.717) is 6.04 Å². The summed E-state index contributed by atoms with van der Waals surface area (Å²) >= 11 is 0. The van der Waals surface area contributed by atoms with Crippen molar-refractivity contribution < 1.29 is 4.79 Å². The van der Waals surface area contributed by atoms with Crippen molar-refractivity contribution >= 4 is 11.6 Å². The number of carbonyl (C=O) groups is 1. The second kappa shape index (κ2) is 3.66. The lowest BCUT2D eigenvalue weighted by Gasteiger charge is -2.15. The minimum atomic E-state index is -0.175. The molecule has 1 aliphatic heterocycles. The zero-order chi connectivity index (χ0) is 11.0. The molecule has 0 bridgehead atoms. The molecular formula is C12H16N2O. The van der Waals surface area contributed by atoms with E-state index in [9.17, 15) is 4.79 Å². The third-order valence-electron chi connectivity index (χ3n) is 2.69. The summed E-state index contributed by atoms with van der Waals surface area (Å²) in [4.78, 5) is 13.7. The molecule has 1 heterocycles. The zero-order valence-corrected chi connectivity index (χ0v) is 9.32. The van der Waals surface area contributed by atoms with Crippen LogP contribution >= 0.6 is 0 Å². The quantitative estimate of drug-likeness (QED) is 0.795. The molecule has 0 aliphatic carbocycles. The highest BCUT2D eigenvalue weighted by atomic mass is 16.2. The number of benzene rings is 1. The number of amides is 1. The first-order valence-corrected chi connectivity index (χ1v) is 5.24. The van der Waals surface area contributed by atoms with Crippen LogP contribution in [0.5, 0.6) is 0 Å². The second-order valence-electron chi connectivity index (χ2n) is 4.21. The van der Waals surface area contributed by atoms with Gasteiger partial charge in [0.15, 0.2) is 0 Å². The van der Waals surface area contributed by atoms with E-state index >= 15 is 0 Å². The molecule has 1 aromatic rings. The average molecular weight is 204 g/mol. The van der Waals surface area contributed by atoms with Crippen LogP contribution in [-0.2, 0) is 4.79 Å². The van der Waals surface area contributed by atoms with Gasteiger partial charge < -0.3 is 4.90 Å². The van der Waals surface area contributed by atoms with Gasteiger partial charge in [-0.1, -0.05) is 18.2 Å². The Kier molecular flexibility index (Phi) is 2.49. The van der Waals surface area contributed by atoms with Crippen LogP contribution in [0.2, 0.25) is 0 Å². The van der Waals surface area contributed by atoms with Crippen LogP contribution in [0.1, 0.15) is 25.5 Å². The summed E-state index contributed by atoms with van der Waals surface area (Å²) in [5.41, 5.74) is 2.10. The summed E-state index contributed by atoms with van der Waals surface area (Å²) in [6.07, 6.45) is 0. The van der Waals surface area contributed by atoms with Crippen molar-refractivity contribution in [2.75, 3.05) is 11.9 Å². The number of rotatable bonds is 2. The monoisotopic (exact) mass is 204 g/mol. The van der Waals surface area contributed by atoms with E-state index in [2.05, 4.69) is 5.32 Å². The Labute approximate surface area is 90.1 Å². The van der Waals surface area contributed by atoms with Crippen LogP contribution in [0.25, 0.3) is 0 Å². The highest BCUT2D eigenvalue weighted by Crippen LogP contribution is 2.34. The molecule has 0 saturated heterocycles. The van der Waals surface area contributed by atoms with Crippen molar-refractivity contribution in [2.45, 2.75) is 25.9 Å². The Hall–Kier alpha value is -1.35. The number of nitrogens with one attached hydrogen (secondary N) is 1. The smallest absolute Gasteiger partial charge is 0.248 e. The number of nitrogens with zero attached hydrogens (tertiary/aromatic N) is 1. The highest BCUT2D eigenvalue weighted by Gasteiger charge is 2.34. The first-order chi connectivity index (χ1) is 7.11. The van der Waals surface area contributed by atoms with Crippen LogP contribution in [0, 0.1) is 0 Å². The van der Waals surface area contributed by atoms with E-state index in [4.69, 9.17) is 0 Å². The minimum absolute atomic E-state index is 0.130. The van der Waals surface area contributed by atoms with Gasteiger partial charge in [0.25, 0.3) is 0 Å². The topological polar surface area (TPSA) is 32.3 Å². The number of para-hydroxylation sites is 1. The van der Waals surface area contributed by atoms with Gasteiger partial charge >= 0.3 is 0 Å². The van der Waals surface area contributed by atoms with E-state index < -0.39 is 0 Å². The Bertz CT molecular complexity index is 387. The fourth-order valence-corrected chi connectivity index (χ4v) is 1.98. The Morgan fingerprint density at radius 3 is 2.67 bits per heavy atom. The Balaban J connectivity index is 2.38. The molecule has 1 amide bonds. The van der Waals surface area contributed by atoms with Gasteiger partial charge in [0.1, 0.15) is 6.04 Å². The van der Waals surface area contributed by atoms with Crippen LogP contribution in [-0.4, -0.2) is 19.0 Å². The van der Waals surface area contributed by atoms with Gasteiger partial charge in [0, 0.05) is 24.3 Å². The van der Waals surface area contributed by atoms with Crippen molar-refractivity contribution in [3.05, 3.63) is 29.8 Å². The van der Waals surface area contributed by atoms with Crippen molar-refractivity contribution in [1.82, 2.24) is 5.32 Å². The predicted octanol–water partition coefficient (Wildman–Crippen LogP) is 1.70. The van der Waals surface area contributed by atoms with Crippen molar-refractivity contribution in [3.8, 4) is 0 Å². The maximum atomic E-state index is 12.0. The predicted molar refractivity (Wildman–Crippen MR) is 60.9 cm³/mol. The molecule has 0 fully saturated rings. The highest BCUT2D eigenvalue weighted by molar-refractivity contribution is 6.04. The van der Waals surface area contributed by atoms with Gasteiger partial charge in [0.2, 0.25) is 5.91 Å². The van der Waals surface area contributed by atoms with Crippen molar-refractivity contribution in [2.24, 2.45) is 0 Å². The first kappa shape index (κ1) is 10.2. The van der Waals surface area contributed by atoms with Crippen LogP contribution in [0.4, 0.5) is 5.69 Å². The number of hydrogen-bond donors (Lipinski definition) is 1. The first-order valence-electron chi connectivity index (χ1n) is 5.24. The number of likely N-dealkylation sites (N-methyl/N-ethyl adjacent to an activating group) is 1. The van der Waals surface area contributed by atoms with Gasteiger partial charge in [-0.2, -0.15) is 0 Å². The van der Waals surface area contributed by atoms with E-state index in [-0.39, 0.29) is 11.9 Å². The second-order valence-corrected chi connectivity index (χ2v) is 4.21. The molecule has 15 heavy (non-hydrogen) atoms. The van der Waals surface area contributed by atoms with E-state index in [1.54, 1.807) is 4.90 Å². The molecule has 1 aliphatic rings. The fourth-order valence-electron chi connectivity index (χ4n) is 1.98. The molecule has 3 heteroatoms. The molecule has 1 atom stereocenters. The lowest BCUT2D eigenvalue weighted by atomic mass is 10.1. The normalized spacial score (nSPS) is 19.9. The Morgan fingerprint density at radius 2 is 2.00 bits per heavy atom. The average Bonchev–Trinajstić information content (AvgIpc) is 2.44. The molecule has 3 nitrogen and oxygen atoms in total. The van der Waals surface area contributed by atoms with Crippen LogP contribution in [0.3, 0.4) is 0 Å². The minimum Gasteiger partial charge on any atom is -0.313 e. The molecular weight excluding hydrogens is 188 g/mol. The summed E-state index contributed by atoms with van der Waals surface area (Å²) in [6.45, 7) is 4.10. The molecule has 0 aromatic heterocycles. The number of fused-ring (bicyclic) bond motifs is 1. The number of carbonyl (C=O) groups excluding carboxylic acids is 1. The van der Waals surface area contributed by atoms with Crippen molar-refractivity contribution in [1.29, 1.82) is 0 Å². The lowest BCUT2D eigenvalue weighted by molar-refractivity contribution is -0.119. The standard InChI is InChI=1S/C12H16N2O/c1-8(2)13-11-9-6-4-5-7-10(9)14(3)12(11)15/h4-8,11,13H,1-3H3. The summed E-state index contributed by atoms with van der Waals surface area (Å²) < 4.78 is 0. The van der Waals surface area contributed by atoms with E-state index in [1.165, 1.54) is 0 Å². The third kappa shape index (κ3) is 1.63. The van der Waals surface area contributed by atoms with Gasteiger partial charge in [0.05, 0.1) is 0 Å². The molecule has 2 rings (SSSR count). The summed E-state index contributed by atoms with van der Waals surface area (Å²) in [7, 11) is 1.82. The molecule has 1 unspecified atom stereocenters. The molecule has 0 spiro atoms. The van der Waals surface area contributed by atoms with E-state index in [0.717, 1.165) is 11.3 Å². The third-order valence-corrected chi connectivity index (χ3v) is 2.69. The summed E-state index contributed by atoms with van der Waals surface area (Å²) in [5.74, 6) is 0.130. The SMILES string of the molecule is CC(C)NC1C(=O)N(C)c2ccccc21. The molecule has 0 saturated carbocycles. The summed E-state index contributed by atoms with van der Waals surface area (Å²) in [6, 6.07) is 8.05.